The molecule has 0 bridgehead atoms. The number of methoxy groups -OCH3 is 1. The second-order valence-electron chi connectivity index (χ2n) is 11.6. The number of amides is 3. The molecule has 0 aliphatic heterocycles. The molecule has 1 aliphatic rings. The lowest BCUT2D eigenvalue weighted by molar-refractivity contribution is -0.115. The van der Waals surface area contributed by atoms with Crippen LogP contribution in [0.1, 0.15) is 74.9 Å². The number of nitrogens with one attached hydrogen (secondary N) is 3. The first-order valence-corrected chi connectivity index (χ1v) is 17.7. The van der Waals surface area contributed by atoms with Gasteiger partial charge >= 0.3 is 5.97 Å². The number of carbonyl (C=O) groups excluding carboxylic acids is 4. The van der Waals surface area contributed by atoms with Crippen LogP contribution in [0.15, 0.2) is 89.5 Å². The molecule has 0 fully saturated rings. The van der Waals surface area contributed by atoms with Crippen molar-refractivity contribution >= 4 is 63.6 Å². The molecule has 48 heavy (non-hydrogen) atoms. The van der Waals surface area contributed by atoms with E-state index in [9.17, 15) is 19.2 Å². The van der Waals surface area contributed by atoms with Crippen LogP contribution in [-0.2, 0) is 27.2 Å². The highest BCUT2D eigenvalue weighted by atomic mass is 32.2. The average molecular weight is 682 g/mol. The molecule has 5 rings (SSSR count). The second-order valence-corrected chi connectivity index (χ2v) is 14.2. The third kappa shape index (κ3) is 9.02. The minimum atomic E-state index is -0.506. The predicted molar refractivity (Wildman–Crippen MR) is 194 cm³/mol. The molecule has 3 aromatic carbocycles. The minimum Gasteiger partial charge on any atom is -0.465 e. The Hall–Kier alpha value is -4.67. The van der Waals surface area contributed by atoms with Gasteiger partial charge in [-0.05, 0) is 87.1 Å². The zero-order valence-electron chi connectivity index (χ0n) is 27.3. The lowest BCUT2D eigenvalue weighted by Gasteiger charge is -2.14. The summed E-state index contributed by atoms with van der Waals surface area (Å²) in [6.07, 6.45) is 7.67. The number of esters is 1. The van der Waals surface area contributed by atoms with E-state index in [2.05, 4.69) is 16.0 Å². The SMILES string of the molecule is COC(=O)c1c(NC(=O)C(C)Sc2cccc(NC(=O)/C(=C\c3ccc(C)cc3)NC(=O)c3ccccc3)c2)sc2c1CCCCCC2. The van der Waals surface area contributed by atoms with Crippen molar-refractivity contribution in [2.75, 3.05) is 17.7 Å². The Bertz CT molecular complexity index is 1820. The van der Waals surface area contributed by atoms with Crippen LogP contribution in [0.25, 0.3) is 6.08 Å². The van der Waals surface area contributed by atoms with Gasteiger partial charge in [0.05, 0.1) is 17.9 Å². The summed E-state index contributed by atoms with van der Waals surface area (Å²) in [5.74, 6) is -1.55. The van der Waals surface area contributed by atoms with Crippen molar-refractivity contribution < 1.29 is 23.9 Å². The third-order valence-corrected chi connectivity index (χ3v) is 10.3. The van der Waals surface area contributed by atoms with Crippen LogP contribution >= 0.6 is 23.1 Å². The highest BCUT2D eigenvalue weighted by Crippen LogP contribution is 2.38. The zero-order chi connectivity index (χ0) is 34.0. The highest BCUT2D eigenvalue weighted by Gasteiger charge is 2.27. The molecule has 1 aromatic heterocycles. The van der Waals surface area contributed by atoms with E-state index in [1.807, 2.05) is 43.3 Å². The van der Waals surface area contributed by atoms with E-state index in [1.54, 1.807) is 55.5 Å². The fourth-order valence-corrected chi connectivity index (χ4v) is 7.62. The van der Waals surface area contributed by atoms with Crippen LogP contribution in [0.4, 0.5) is 10.7 Å². The number of anilines is 2. The van der Waals surface area contributed by atoms with Gasteiger partial charge in [0.1, 0.15) is 10.7 Å². The summed E-state index contributed by atoms with van der Waals surface area (Å²) >= 11 is 2.81. The summed E-state index contributed by atoms with van der Waals surface area (Å²) in [5.41, 5.74) is 4.34. The molecule has 0 spiro atoms. The number of fused-ring (bicyclic) bond motifs is 1. The molecule has 1 aliphatic carbocycles. The first-order chi connectivity index (χ1) is 23.2. The molecule has 1 unspecified atom stereocenters. The lowest BCUT2D eigenvalue weighted by Crippen LogP contribution is -2.30. The van der Waals surface area contributed by atoms with Crippen molar-refractivity contribution in [3.05, 3.63) is 117 Å². The molecule has 1 atom stereocenters. The fourth-order valence-electron chi connectivity index (χ4n) is 5.41. The van der Waals surface area contributed by atoms with Crippen molar-refractivity contribution in [2.24, 2.45) is 0 Å². The molecule has 3 N–H and O–H groups in total. The van der Waals surface area contributed by atoms with Crippen LogP contribution in [-0.4, -0.2) is 36.1 Å². The van der Waals surface area contributed by atoms with Crippen LogP contribution < -0.4 is 16.0 Å². The Morgan fingerprint density at radius 2 is 1.60 bits per heavy atom. The molecule has 8 nitrogen and oxygen atoms in total. The number of rotatable bonds is 10. The first-order valence-electron chi connectivity index (χ1n) is 16.0. The van der Waals surface area contributed by atoms with Gasteiger partial charge in [0.15, 0.2) is 0 Å². The Balaban J connectivity index is 1.29. The van der Waals surface area contributed by atoms with E-state index in [4.69, 9.17) is 4.74 Å². The highest BCUT2D eigenvalue weighted by molar-refractivity contribution is 8.00. The first kappa shape index (κ1) is 34.7. The fraction of sp³-hybridized carbons (Fsp3) is 0.263. The van der Waals surface area contributed by atoms with Gasteiger partial charge in [0.2, 0.25) is 5.91 Å². The third-order valence-electron chi connectivity index (χ3n) is 7.99. The molecule has 4 aromatic rings. The monoisotopic (exact) mass is 681 g/mol. The van der Waals surface area contributed by atoms with Crippen LogP contribution in [0, 0.1) is 6.92 Å². The number of ether oxygens (including phenoxy) is 1. The second kappa shape index (κ2) is 16.4. The standard InChI is InChI=1S/C38H39N3O5S2/c1-24-18-20-26(21-19-24)22-31(40-35(43)27-12-7-6-8-13-27)36(44)39-28-14-11-15-29(23-28)47-25(2)34(42)41-37-33(38(45)46-3)30-16-9-4-5-10-17-32(30)48-37/h6-8,11-15,18-23,25H,4-5,9-10,16-17H2,1-3H3,(H,39,44)(H,40,43)(H,41,42)/b31-22+. The van der Waals surface area contributed by atoms with Gasteiger partial charge in [-0.25, -0.2) is 4.79 Å². The average Bonchev–Trinajstić information content (AvgIpc) is 3.40. The summed E-state index contributed by atoms with van der Waals surface area (Å²) in [6.45, 7) is 3.78. The van der Waals surface area contributed by atoms with Gasteiger partial charge in [0.25, 0.3) is 11.8 Å². The molecule has 248 valence electrons. The van der Waals surface area contributed by atoms with E-state index < -0.39 is 23.0 Å². The van der Waals surface area contributed by atoms with E-state index in [0.717, 1.165) is 65.0 Å². The van der Waals surface area contributed by atoms with Crippen LogP contribution in [0.2, 0.25) is 0 Å². The van der Waals surface area contributed by atoms with Gasteiger partial charge in [-0.15, -0.1) is 23.1 Å². The number of carbonyl (C=O) groups is 4. The van der Waals surface area contributed by atoms with Gasteiger partial charge in [-0.3, -0.25) is 14.4 Å². The van der Waals surface area contributed by atoms with Crippen molar-refractivity contribution in [1.29, 1.82) is 0 Å². The number of thioether (sulfide) groups is 1. The minimum absolute atomic E-state index is 0.0879. The van der Waals surface area contributed by atoms with Gasteiger partial charge in [-0.1, -0.05) is 66.9 Å². The number of benzene rings is 3. The van der Waals surface area contributed by atoms with Crippen molar-refractivity contribution in [3.63, 3.8) is 0 Å². The van der Waals surface area contributed by atoms with E-state index in [1.165, 1.54) is 30.2 Å². The zero-order valence-corrected chi connectivity index (χ0v) is 28.9. The molecular formula is C38H39N3O5S2. The molecule has 10 heteroatoms. The summed E-state index contributed by atoms with van der Waals surface area (Å²) in [7, 11) is 1.36. The maximum atomic E-state index is 13.5. The Morgan fingerprint density at radius 3 is 2.33 bits per heavy atom. The molecule has 3 amide bonds. The summed E-state index contributed by atoms with van der Waals surface area (Å²) < 4.78 is 5.10. The largest absolute Gasteiger partial charge is 0.465 e. The molecule has 0 saturated heterocycles. The quantitative estimate of drug-likeness (QED) is 0.0888. The van der Waals surface area contributed by atoms with Gasteiger partial charge in [-0.2, -0.15) is 0 Å². The van der Waals surface area contributed by atoms with Crippen molar-refractivity contribution in [1.82, 2.24) is 5.32 Å². The Kier molecular flexibility index (Phi) is 11.9. The molecular weight excluding hydrogens is 643 g/mol. The van der Waals surface area contributed by atoms with Crippen LogP contribution in [0.3, 0.4) is 0 Å². The lowest BCUT2D eigenvalue weighted by atomic mass is 9.96. The topological polar surface area (TPSA) is 114 Å². The molecule has 1 heterocycles. The molecule has 0 saturated carbocycles. The number of thiophene rings is 1. The normalized spacial score (nSPS) is 13.7. The summed E-state index contributed by atoms with van der Waals surface area (Å²) in [4.78, 5) is 54.6. The summed E-state index contributed by atoms with van der Waals surface area (Å²) in [6, 6.07) is 23.5. The number of hydrogen-bond acceptors (Lipinski definition) is 7. The van der Waals surface area contributed by atoms with Crippen molar-refractivity contribution in [3.8, 4) is 0 Å². The smallest absolute Gasteiger partial charge is 0.341 e. The van der Waals surface area contributed by atoms with Gasteiger partial charge in [0, 0.05) is 21.0 Å². The molecule has 0 radical (unpaired) electrons. The van der Waals surface area contributed by atoms with Gasteiger partial charge < -0.3 is 20.7 Å². The van der Waals surface area contributed by atoms with E-state index in [0.29, 0.717) is 21.8 Å². The van der Waals surface area contributed by atoms with Crippen molar-refractivity contribution in [2.45, 2.75) is 62.5 Å². The Labute approximate surface area is 289 Å². The summed E-state index contributed by atoms with van der Waals surface area (Å²) in [5, 5.41) is 8.69. The maximum Gasteiger partial charge on any atom is 0.341 e. The number of aryl methyl sites for hydroxylation is 2. The van der Waals surface area contributed by atoms with E-state index >= 15 is 0 Å². The Morgan fingerprint density at radius 1 is 0.875 bits per heavy atom. The van der Waals surface area contributed by atoms with E-state index in [-0.39, 0.29) is 11.6 Å². The van der Waals surface area contributed by atoms with Crippen LogP contribution in [0.5, 0.6) is 0 Å². The maximum absolute atomic E-state index is 13.5. The number of hydrogen-bond donors (Lipinski definition) is 3. The predicted octanol–water partition coefficient (Wildman–Crippen LogP) is 8.03.